The van der Waals surface area contributed by atoms with Crippen molar-refractivity contribution in [3.63, 3.8) is 0 Å². The van der Waals surface area contributed by atoms with Gasteiger partial charge in [-0.1, -0.05) is 26.0 Å². The second kappa shape index (κ2) is 6.37. The van der Waals surface area contributed by atoms with Crippen LogP contribution in [0.5, 0.6) is 0 Å². The molecule has 17 heavy (non-hydrogen) atoms. The average molecular weight is 236 g/mol. The SMILES string of the molecule is CC(C)C(N)C(=O)Nc1ccc(CCO)cc1. The first kappa shape index (κ1) is 13.7. The smallest absolute Gasteiger partial charge is 0.241 e. The van der Waals surface area contributed by atoms with Crippen LogP contribution in [0.4, 0.5) is 5.69 Å². The van der Waals surface area contributed by atoms with Crippen LogP contribution in [0.15, 0.2) is 24.3 Å². The molecule has 0 bridgehead atoms. The summed E-state index contributed by atoms with van der Waals surface area (Å²) in [6, 6.07) is 6.90. The summed E-state index contributed by atoms with van der Waals surface area (Å²) in [6.45, 7) is 3.95. The quantitative estimate of drug-likeness (QED) is 0.717. The standard InChI is InChI=1S/C13H20N2O2/c1-9(2)12(14)13(17)15-11-5-3-10(4-6-11)7-8-16/h3-6,9,12,16H,7-8,14H2,1-2H3,(H,15,17). The molecule has 1 rings (SSSR count). The molecule has 1 unspecified atom stereocenters. The second-order valence-corrected chi connectivity index (χ2v) is 4.43. The molecule has 4 heteroatoms. The molecule has 1 amide bonds. The Labute approximate surface area is 102 Å². The number of hydrogen-bond acceptors (Lipinski definition) is 3. The van der Waals surface area contributed by atoms with E-state index in [1.165, 1.54) is 0 Å². The van der Waals surface area contributed by atoms with Crippen LogP contribution < -0.4 is 11.1 Å². The molecule has 0 heterocycles. The molecule has 0 aromatic heterocycles. The van der Waals surface area contributed by atoms with Crippen LogP contribution in [-0.4, -0.2) is 23.7 Å². The van der Waals surface area contributed by atoms with Crippen molar-refractivity contribution in [3.05, 3.63) is 29.8 Å². The number of nitrogens with two attached hydrogens (primary N) is 1. The zero-order chi connectivity index (χ0) is 12.8. The third-order valence-corrected chi connectivity index (χ3v) is 2.64. The van der Waals surface area contributed by atoms with Crippen molar-refractivity contribution < 1.29 is 9.90 Å². The fourth-order valence-electron chi connectivity index (χ4n) is 1.41. The van der Waals surface area contributed by atoms with Gasteiger partial charge in [0.1, 0.15) is 0 Å². The van der Waals surface area contributed by atoms with Crippen LogP contribution in [0.3, 0.4) is 0 Å². The fraction of sp³-hybridized carbons (Fsp3) is 0.462. The lowest BCUT2D eigenvalue weighted by atomic mass is 10.0. The molecule has 0 radical (unpaired) electrons. The number of carbonyl (C=O) groups excluding carboxylic acids is 1. The lowest BCUT2D eigenvalue weighted by Crippen LogP contribution is -2.39. The number of nitrogens with one attached hydrogen (secondary N) is 1. The number of carbonyl (C=O) groups is 1. The van der Waals surface area contributed by atoms with Crippen molar-refractivity contribution in [2.24, 2.45) is 11.7 Å². The first-order valence-electron chi connectivity index (χ1n) is 5.81. The maximum atomic E-state index is 11.7. The topological polar surface area (TPSA) is 75.4 Å². The van der Waals surface area contributed by atoms with E-state index in [1.54, 1.807) is 0 Å². The largest absolute Gasteiger partial charge is 0.396 e. The molecule has 0 aliphatic heterocycles. The third kappa shape index (κ3) is 4.17. The van der Waals surface area contributed by atoms with Gasteiger partial charge in [0.15, 0.2) is 0 Å². The van der Waals surface area contributed by atoms with Crippen LogP contribution in [0.1, 0.15) is 19.4 Å². The van der Waals surface area contributed by atoms with Crippen LogP contribution in [0.25, 0.3) is 0 Å². The molecule has 4 nitrogen and oxygen atoms in total. The first-order chi connectivity index (χ1) is 8.04. The molecule has 1 aromatic rings. The minimum Gasteiger partial charge on any atom is -0.396 e. The number of anilines is 1. The van der Waals surface area contributed by atoms with Gasteiger partial charge in [0.2, 0.25) is 5.91 Å². The highest BCUT2D eigenvalue weighted by Gasteiger charge is 2.16. The summed E-state index contributed by atoms with van der Waals surface area (Å²) in [5.74, 6) is -0.0569. The van der Waals surface area contributed by atoms with Crippen molar-refractivity contribution in [1.82, 2.24) is 0 Å². The summed E-state index contributed by atoms with van der Waals surface area (Å²) in [4.78, 5) is 11.7. The predicted molar refractivity (Wildman–Crippen MR) is 68.7 cm³/mol. The lowest BCUT2D eigenvalue weighted by molar-refractivity contribution is -0.118. The minimum absolute atomic E-state index is 0.115. The van der Waals surface area contributed by atoms with Crippen molar-refractivity contribution in [1.29, 1.82) is 0 Å². The molecular formula is C13H20N2O2. The van der Waals surface area contributed by atoms with Gasteiger partial charge in [-0.05, 0) is 30.0 Å². The number of aliphatic hydroxyl groups excluding tert-OH is 1. The number of rotatable bonds is 5. The average Bonchev–Trinajstić information content (AvgIpc) is 2.30. The summed E-state index contributed by atoms with van der Waals surface area (Å²) in [7, 11) is 0. The zero-order valence-electron chi connectivity index (χ0n) is 10.3. The molecule has 4 N–H and O–H groups in total. The van der Waals surface area contributed by atoms with Crippen molar-refractivity contribution >= 4 is 11.6 Å². The van der Waals surface area contributed by atoms with Gasteiger partial charge in [-0.2, -0.15) is 0 Å². The van der Waals surface area contributed by atoms with Gasteiger partial charge in [0, 0.05) is 12.3 Å². The zero-order valence-corrected chi connectivity index (χ0v) is 10.3. The fourth-order valence-corrected chi connectivity index (χ4v) is 1.41. The molecule has 0 aliphatic carbocycles. The van der Waals surface area contributed by atoms with E-state index in [0.717, 1.165) is 11.3 Å². The van der Waals surface area contributed by atoms with E-state index in [0.29, 0.717) is 6.42 Å². The third-order valence-electron chi connectivity index (χ3n) is 2.64. The van der Waals surface area contributed by atoms with Crippen LogP contribution in [0, 0.1) is 5.92 Å². The van der Waals surface area contributed by atoms with Gasteiger partial charge in [-0.3, -0.25) is 4.79 Å². The van der Waals surface area contributed by atoms with E-state index in [-0.39, 0.29) is 18.4 Å². The maximum Gasteiger partial charge on any atom is 0.241 e. The predicted octanol–water partition coefficient (Wildman–Crippen LogP) is 1.14. The first-order valence-corrected chi connectivity index (χ1v) is 5.81. The number of aliphatic hydroxyl groups is 1. The lowest BCUT2D eigenvalue weighted by Gasteiger charge is -2.15. The highest BCUT2D eigenvalue weighted by atomic mass is 16.2. The second-order valence-electron chi connectivity index (χ2n) is 4.43. The van der Waals surface area contributed by atoms with Gasteiger partial charge >= 0.3 is 0 Å². The number of hydrogen-bond donors (Lipinski definition) is 3. The summed E-state index contributed by atoms with van der Waals surface area (Å²) in [6.07, 6.45) is 0.625. The van der Waals surface area contributed by atoms with Crippen LogP contribution in [-0.2, 0) is 11.2 Å². The Morgan fingerprint density at radius 2 is 1.94 bits per heavy atom. The molecule has 0 saturated heterocycles. The molecular weight excluding hydrogens is 216 g/mol. The van der Waals surface area contributed by atoms with Gasteiger partial charge < -0.3 is 16.2 Å². The van der Waals surface area contributed by atoms with Crippen LogP contribution in [0.2, 0.25) is 0 Å². The van der Waals surface area contributed by atoms with Crippen molar-refractivity contribution in [3.8, 4) is 0 Å². The van der Waals surface area contributed by atoms with Gasteiger partial charge in [-0.25, -0.2) is 0 Å². The Morgan fingerprint density at radius 3 is 2.41 bits per heavy atom. The molecule has 1 aromatic carbocycles. The van der Waals surface area contributed by atoms with Gasteiger partial charge in [0.05, 0.1) is 6.04 Å². The Morgan fingerprint density at radius 1 is 1.35 bits per heavy atom. The monoisotopic (exact) mass is 236 g/mol. The molecule has 0 aliphatic rings. The Hall–Kier alpha value is -1.39. The normalized spacial score (nSPS) is 12.5. The van der Waals surface area contributed by atoms with Crippen molar-refractivity contribution in [2.45, 2.75) is 26.3 Å². The van der Waals surface area contributed by atoms with E-state index >= 15 is 0 Å². The summed E-state index contributed by atoms with van der Waals surface area (Å²) in [5, 5.41) is 11.5. The maximum absolute atomic E-state index is 11.7. The van der Waals surface area contributed by atoms with E-state index in [2.05, 4.69) is 5.32 Å². The molecule has 94 valence electrons. The van der Waals surface area contributed by atoms with Gasteiger partial charge in [0.25, 0.3) is 0 Å². The molecule has 1 atom stereocenters. The highest BCUT2D eigenvalue weighted by molar-refractivity contribution is 5.94. The van der Waals surface area contributed by atoms with Crippen molar-refractivity contribution in [2.75, 3.05) is 11.9 Å². The summed E-state index contributed by atoms with van der Waals surface area (Å²) >= 11 is 0. The van der Waals surface area contributed by atoms with E-state index in [4.69, 9.17) is 10.8 Å². The van der Waals surface area contributed by atoms with E-state index in [1.807, 2.05) is 38.1 Å². The molecule has 0 saturated carbocycles. The molecule has 0 spiro atoms. The number of benzene rings is 1. The van der Waals surface area contributed by atoms with Crippen LogP contribution >= 0.6 is 0 Å². The Kier molecular flexibility index (Phi) is 5.12. The molecule has 0 fully saturated rings. The van der Waals surface area contributed by atoms with E-state index < -0.39 is 6.04 Å². The van der Waals surface area contributed by atoms with E-state index in [9.17, 15) is 4.79 Å². The summed E-state index contributed by atoms with van der Waals surface area (Å²) < 4.78 is 0. The number of amides is 1. The highest BCUT2D eigenvalue weighted by Crippen LogP contribution is 2.11. The summed E-state index contributed by atoms with van der Waals surface area (Å²) in [5.41, 5.74) is 7.51. The minimum atomic E-state index is -0.493. The van der Waals surface area contributed by atoms with Gasteiger partial charge in [-0.15, -0.1) is 0 Å². The Balaban J connectivity index is 2.60. The Bertz CT molecular complexity index is 360.